The lowest BCUT2D eigenvalue weighted by atomic mass is 10.1. The molecule has 1 rings (SSSR count). The van der Waals surface area contributed by atoms with Crippen molar-refractivity contribution < 1.29 is 14.6 Å². The van der Waals surface area contributed by atoms with E-state index in [1.165, 1.54) is 0 Å². The number of hydrogen-bond donors (Lipinski definition) is 2. The van der Waals surface area contributed by atoms with Crippen molar-refractivity contribution >= 4 is 0 Å². The number of aliphatic hydroxyl groups excluding tert-OH is 1. The van der Waals surface area contributed by atoms with Crippen LogP contribution >= 0.6 is 0 Å². The van der Waals surface area contributed by atoms with Crippen LogP contribution < -0.4 is 14.8 Å². The van der Waals surface area contributed by atoms with E-state index in [1.54, 1.807) is 14.2 Å². The van der Waals surface area contributed by atoms with E-state index in [9.17, 15) is 0 Å². The quantitative estimate of drug-likeness (QED) is 0.695. The third-order valence-electron chi connectivity index (χ3n) is 2.79. The molecule has 0 aliphatic heterocycles. The Morgan fingerprint density at radius 1 is 1.28 bits per heavy atom. The van der Waals surface area contributed by atoms with E-state index >= 15 is 0 Å². The van der Waals surface area contributed by atoms with Crippen molar-refractivity contribution in [1.29, 1.82) is 0 Å². The molecule has 0 aromatic heterocycles. The van der Waals surface area contributed by atoms with E-state index in [2.05, 4.69) is 5.32 Å². The molecule has 102 valence electrons. The number of rotatable bonds is 8. The molecule has 1 aromatic carbocycles. The van der Waals surface area contributed by atoms with Gasteiger partial charge in [0.2, 0.25) is 0 Å². The molecular weight excluding hydrogens is 230 g/mol. The molecule has 0 fully saturated rings. The third kappa shape index (κ3) is 4.94. The highest BCUT2D eigenvalue weighted by Crippen LogP contribution is 2.24. The van der Waals surface area contributed by atoms with Crippen LogP contribution in [0.2, 0.25) is 0 Å². The highest BCUT2D eigenvalue weighted by molar-refractivity contribution is 5.40. The first-order chi connectivity index (χ1) is 8.67. The lowest BCUT2D eigenvalue weighted by molar-refractivity contribution is 0.181. The van der Waals surface area contributed by atoms with Crippen LogP contribution in [0.1, 0.15) is 25.3 Å². The summed E-state index contributed by atoms with van der Waals surface area (Å²) in [5.41, 5.74) is 1.11. The van der Waals surface area contributed by atoms with Crippen LogP contribution in [0.15, 0.2) is 18.2 Å². The monoisotopic (exact) mass is 253 g/mol. The molecule has 0 aliphatic carbocycles. The van der Waals surface area contributed by atoms with Gasteiger partial charge in [0.05, 0.1) is 20.3 Å². The summed E-state index contributed by atoms with van der Waals surface area (Å²) in [5.74, 6) is 1.63. The number of benzene rings is 1. The Hall–Kier alpha value is -1.26. The number of nitrogens with one attached hydrogen (secondary N) is 1. The lowest BCUT2D eigenvalue weighted by Crippen LogP contribution is -2.16. The maximum absolute atomic E-state index is 9.15. The smallest absolute Gasteiger partial charge is 0.127 e. The van der Waals surface area contributed by atoms with Crippen molar-refractivity contribution in [3.8, 4) is 11.5 Å². The lowest BCUT2D eigenvalue weighted by Gasteiger charge is -2.11. The molecule has 1 atom stereocenters. The summed E-state index contributed by atoms with van der Waals surface area (Å²) < 4.78 is 10.5. The second-order valence-electron chi connectivity index (χ2n) is 4.35. The van der Waals surface area contributed by atoms with Gasteiger partial charge >= 0.3 is 0 Å². The van der Waals surface area contributed by atoms with E-state index in [0.29, 0.717) is 0 Å². The fourth-order valence-corrected chi connectivity index (χ4v) is 1.74. The summed E-state index contributed by atoms with van der Waals surface area (Å²) in [5, 5.41) is 12.5. The first-order valence-corrected chi connectivity index (χ1v) is 6.27. The summed E-state index contributed by atoms with van der Waals surface area (Å²) >= 11 is 0. The average Bonchev–Trinajstić information content (AvgIpc) is 2.38. The zero-order chi connectivity index (χ0) is 13.4. The highest BCUT2D eigenvalue weighted by atomic mass is 16.5. The van der Waals surface area contributed by atoms with Gasteiger partial charge in [-0.15, -0.1) is 0 Å². The maximum Gasteiger partial charge on any atom is 0.127 e. The summed E-state index contributed by atoms with van der Waals surface area (Å²) in [4.78, 5) is 0. The molecule has 4 nitrogen and oxygen atoms in total. The molecule has 0 amide bonds. The number of ether oxygens (including phenoxy) is 2. The van der Waals surface area contributed by atoms with Gasteiger partial charge in [0.15, 0.2) is 0 Å². The van der Waals surface area contributed by atoms with E-state index in [0.717, 1.165) is 43.0 Å². The minimum Gasteiger partial charge on any atom is -0.497 e. The van der Waals surface area contributed by atoms with Crippen molar-refractivity contribution in [2.24, 2.45) is 0 Å². The Balaban J connectivity index is 2.41. The van der Waals surface area contributed by atoms with E-state index in [4.69, 9.17) is 14.6 Å². The first-order valence-electron chi connectivity index (χ1n) is 6.27. The highest BCUT2D eigenvalue weighted by Gasteiger charge is 2.04. The SMILES string of the molecule is COc1ccc(CNCCCC(C)O)c(OC)c1. The normalized spacial score (nSPS) is 12.2. The predicted octanol–water partition coefficient (Wildman–Crippen LogP) is 1.95. The van der Waals surface area contributed by atoms with Gasteiger partial charge in [-0.2, -0.15) is 0 Å². The van der Waals surface area contributed by atoms with Gasteiger partial charge in [0.25, 0.3) is 0 Å². The predicted molar refractivity (Wildman–Crippen MR) is 72.2 cm³/mol. The Morgan fingerprint density at radius 2 is 2.06 bits per heavy atom. The molecule has 0 spiro atoms. The van der Waals surface area contributed by atoms with Crippen molar-refractivity contribution in [2.45, 2.75) is 32.4 Å². The molecule has 4 heteroatoms. The molecule has 0 bridgehead atoms. The van der Waals surface area contributed by atoms with Gasteiger partial charge in [0.1, 0.15) is 11.5 Å². The third-order valence-corrected chi connectivity index (χ3v) is 2.79. The second-order valence-corrected chi connectivity index (χ2v) is 4.35. The summed E-state index contributed by atoms with van der Waals surface area (Å²) in [6, 6.07) is 5.81. The minimum absolute atomic E-state index is 0.220. The average molecular weight is 253 g/mol. The van der Waals surface area contributed by atoms with Crippen LogP contribution in [-0.4, -0.2) is 32.0 Å². The van der Waals surface area contributed by atoms with Crippen LogP contribution in [0, 0.1) is 0 Å². The van der Waals surface area contributed by atoms with Crippen molar-refractivity contribution in [3.63, 3.8) is 0 Å². The molecule has 1 unspecified atom stereocenters. The fourth-order valence-electron chi connectivity index (χ4n) is 1.74. The van der Waals surface area contributed by atoms with Gasteiger partial charge < -0.3 is 19.9 Å². The standard InChI is InChI=1S/C14H23NO3/c1-11(16)5-4-8-15-10-12-6-7-13(17-2)9-14(12)18-3/h6-7,9,11,15-16H,4-5,8,10H2,1-3H3. The Kier molecular flexibility index (Phi) is 6.54. The fraction of sp³-hybridized carbons (Fsp3) is 0.571. The summed E-state index contributed by atoms with van der Waals surface area (Å²) in [6.07, 6.45) is 1.57. The van der Waals surface area contributed by atoms with Crippen LogP contribution in [0.5, 0.6) is 11.5 Å². The maximum atomic E-state index is 9.15. The Morgan fingerprint density at radius 3 is 2.67 bits per heavy atom. The zero-order valence-corrected chi connectivity index (χ0v) is 11.4. The largest absolute Gasteiger partial charge is 0.497 e. The molecule has 0 saturated carbocycles. The topological polar surface area (TPSA) is 50.7 Å². The summed E-state index contributed by atoms with van der Waals surface area (Å²) in [7, 11) is 3.30. The Labute approximate surface area is 109 Å². The van der Waals surface area contributed by atoms with Gasteiger partial charge in [-0.3, -0.25) is 0 Å². The molecule has 0 saturated heterocycles. The van der Waals surface area contributed by atoms with Crippen molar-refractivity contribution in [3.05, 3.63) is 23.8 Å². The Bertz CT molecular complexity index is 353. The molecule has 0 heterocycles. The van der Waals surface area contributed by atoms with E-state index < -0.39 is 0 Å². The molecular formula is C14H23NO3. The van der Waals surface area contributed by atoms with Crippen LogP contribution in [0.25, 0.3) is 0 Å². The van der Waals surface area contributed by atoms with Crippen molar-refractivity contribution in [2.75, 3.05) is 20.8 Å². The van der Waals surface area contributed by atoms with Gasteiger partial charge in [-0.25, -0.2) is 0 Å². The molecule has 1 aromatic rings. The van der Waals surface area contributed by atoms with E-state index in [-0.39, 0.29) is 6.10 Å². The van der Waals surface area contributed by atoms with Crippen LogP contribution in [0.4, 0.5) is 0 Å². The summed E-state index contributed by atoms with van der Waals surface area (Å²) in [6.45, 7) is 3.46. The number of methoxy groups -OCH3 is 2. The van der Waals surface area contributed by atoms with Crippen molar-refractivity contribution in [1.82, 2.24) is 5.32 Å². The van der Waals surface area contributed by atoms with Gasteiger partial charge in [-0.1, -0.05) is 6.07 Å². The van der Waals surface area contributed by atoms with Gasteiger partial charge in [-0.05, 0) is 32.4 Å². The van der Waals surface area contributed by atoms with Crippen LogP contribution in [-0.2, 0) is 6.54 Å². The van der Waals surface area contributed by atoms with Gasteiger partial charge in [0, 0.05) is 18.2 Å². The van der Waals surface area contributed by atoms with E-state index in [1.807, 2.05) is 25.1 Å². The number of aliphatic hydroxyl groups is 1. The first kappa shape index (κ1) is 14.8. The molecule has 2 N–H and O–H groups in total. The molecule has 18 heavy (non-hydrogen) atoms. The molecule has 0 aliphatic rings. The second kappa shape index (κ2) is 7.95. The molecule has 0 radical (unpaired) electrons. The van der Waals surface area contributed by atoms with Crippen LogP contribution in [0.3, 0.4) is 0 Å². The number of hydrogen-bond acceptors (Lipinski definition) is 4. The minimum atomic E-state index is -0.220. The zero-order valence-electron chi connectivity index (χ0n) is 11.4.